The molecule has 1 fully saturated rings. The number of amides is 1. The molecule has 5 nitrogen and oxygen atoms in total. The molecule has 0 aromatic carbocycles. The molecule has 1 unspecified atom stereocenters. The van der Waals surface area contributed by atoms with Gasteiger partial charge in [-0.1, -0.05) is 20.3 Å². The summed E-state index contributed by atoms with van der Waals surface area (Å²) >= 11 is 0. The Kier molecular flexibility index (Phi) is 4.96. The summed E-state index contributed by atoms with van der Waals surface area (Å²) in [5.41, 5.74) is 3.84. The number of nitrogens with two attached hydrogens (primary N) is 1. The summed E-state index contributed by atoms with van der Waals surface area (Å²) in [6.45, 7) is 5.72. The van der Waals surface area contributed by atoms with Crippen molar-refractivity contribution >= 4 is 11.9 Å². The van der Waals surface area contributed by atoms with E-state index in [4.69, 9.17) is 5.73 Å². The van der Waals surface area contributed by atoms with Crippen LogP contribution in [-0.2, 0) is 9.59 Å². The summed E-state index contributed by atoms with van der Waals surface area (Å²) in [5.74, 6) is -0.782. The molecule has 0 aliphatic heterocycles. The zero-order chi connectivity index (χ0) is 14.7. The second-order valence-corrected chi connectivity index (χ2v) is 6.19. The van der Waals surface area contributed by atoms with E-state index < -0.39 is 17.0 Å². The first-order valence-electron chi connectivity index (χ1n) is 7.08. The van der Waals surface area contributed by atoms with E-state index in [0.29, 0.717) is 25.2 Å². The molecule has 1 atom stereocenters. The fourth-order valence-corrected chi connectivity index (χ4v) is 2.64. The van der Waals surface area contributed by atoms with Gasteiger partial charge in [0.25, 0.3) is 0 Å². The third-order valence-corrected chi connectivity index (χ3v) is 4.18. The monoisotopic (exact) mass is 270 g/mol. The lowest BCUT2D eigenvalue weighted by atomic mass is 9.76. The number of carbonyl (C=O) groups excluding carboxylic acids is 1. The van der Waals surface area contributed by atoms with Crippen molar-refractivity contribution in [2.75, 3.05) is 0 Å². The van der Waals surface area contributed by atoms with Crippen LogP contribution in [0, 0.1) is 5.92 Å². The van der Waals surface area contributed by atoms with Gasteiger partial charge in [-0.3, -0.25) is 4.79 Å². The van der Waals surface area contributed by atoms with Gasteiger partial charge in [-0.2, -0.15) is 0 Å². The fourth-order valence-electron chi connectivity index (χ4n) is 2.64. The SMILES string of the molecule is CCCC(C)(N)C(=O)NC1(C(=O)O)CCC(C)CC1. The first kappa shape index (κ1) is 16.0. The molecule has 0 aromatic heterocycles. The minimum atomic E-state index is -1.13. The molecule has 0 bridgehead atoms. The van der Waals surface area contributed by atoms with Crippen molar-refractivity contribution in [2.24, 2.45) is 11.7 Å². The minimum absolute atomic E-state index is 0.355. The summed E-state index contributed by atoms with van der Waals surface area (Å²) < 4.78 is 0. The molecule has 0 aromatic rings. The van der Waals surface area contributed by atoms with Gasteiger partial charge in [-0.05, 0) is 44.9 Å². The van der Waals surface area contributed by atoms with Crippen molar-refractivity contribution in [2.45, 2.75) is 70.4 Å². The maximum atomic E-state index is 12.2. The molecule has 0 spiro atoms. The normalized spacial score (nSPS) is 30.4. The van der Waals surface area contributed by atoms with Crippen LogP contribution in [0.5, 0.6) is 0 Å². The molecule has 1 aliphatic rings. The van der Waals surface area contributed by atoms with Gasteiger partial charge in [0.15, 0.2) is 0 Å². The van der Waals surface area contributed by atoms with Crippen LogP contribution in [0.4, 0.5) is 0 Å². The molecular weight excluding hydrogens is 244 g/mol. The van der Waals surface area contributed by atoms with E-state index in [9.17, 15) is 14.7 Å². The van der Waals surface area contributed by atoms with E-state index in [1.54, 1.807) is 6.92 Å². The topological polar surface area (TPSA) is 92.4 Å². The zero-order valence-electron chi connectivity index (χ0n) is 12.2. The Morgan fingerprint density at radius 2 is 1.95 bits per heavy atom. The van der Waals surface area contributed by atoms with Gasteiger partial charge in [0, 0.05) is 0 Å². The third kappa shape index (κ3) is 3.69. The van der Waals surface area contributed by atoms with Gasteiger partial charge in [0.05, 0.1) is 5.54 Å². The molecule has 5 heteroatoms. The summed E-state index contributed by atoms with van der Waals surface area (Å²) in [6, 6.07) is 0. The lowest BCUT2D eigenvalue weighted by molar-refractivity contribution is -0.150. The van der Waals surface area contributed by atoms with E-state index in [1.165, 1.54) is 0 Å². The van der Waals surface area contributed by atoms with Gasteiger partial charge >= 0.3 is 5.97 Å². The fraction of sp³-hybridized carbons (Fsp3) is 0.857. The first-order valence-corrected chi connectivity index (χ1v) is 7.08. The number of carboxylic acid groups (broad SMARTS) is 1. The highest BCUT2D eigenvalue weighted by Gasteiger charge is 2.44. The number of rotatable bonds is 5. The van der Waals surface area contributed by atoms with Crippen LogP contribution in [-0.4, -0.2) is 28.1 Å². The Morgan fingerprint density at radius 1 is 1.42 bits per heavy atom. The van der Waals surface area contributed by atoms with Crippen molar-refractivity contribution in [1.29, 1.82) is 0 Å². The molecule has 1 saturated carbocycles. The predicted molar refractivity (Wildman–Crippen MR) is 73.6 cm³/mol. The van der Waals surface area contributed by atoms with Crippen LogP contribution in [0.15, 0.2) is 0 Å². The standard InChI is InChI=1S/C14H26N2O3/c1-4-7-13(3,15)11(17)16-14(12(18)19)8-5-10(2)6-9-14/h10H,4-9,15H2,1-3H3,(H,16,17)(H,18,19). The molecule has 1 amide bonds. The first-order chi connectivity index (χ1) is 8.73. The Hall–Kier alpha value is -1.10. The number of carboxylic acids is 1. The summed E-state index contributed by atoms with van der Waals surface area (Å²) in [5, 5.41) is 12.2. The lowest BCUT2D eigenvalue weighted by Gasteiger charge is -2.38. The molecule has 19 heavy (non-hydrogen) atoms. The number of aliphatic carboxylic acids is 1. The predicted octanol–water partition coefficient (Wildman–Crippen LogP) is 1.65. The van der Waals surface area contributed by atoms with Gasteiger partial charge < -0.3 is 16.2 Å². The average molecular weight is 270 g/mol. The van der Waals surface area contributed by atoms with E-state index in [2.05, 4.69) is 12.2 Å². The maximum Gasteiger partial charge on any atom is 0.329 e. The quantitative estimate of drug-likeness (QED) is 0.708. The highest BCUT2D eigenvalue weighted by atomic mass is 16.4. The summed E-state index contributed by atoms with van der Waals surface area (Å²) in [6.07, 6.45) is 3.95. The van der Waals surface area contributed by atoms with Gasteiger partial charge in [-0.15, -0.1) is 0 Å². The molecule has 4 N–H and O–H groups in total. The largest absolute Gasteiger partial charge is 0.480 e. The van der Waals surface area contributed by atoms with Crippen LogP contribution in [0.3, 0.4) is 0 Å². The van der Waals surface area contributed by atoms with Crippen molar-refractivity contribution in [3.8, 4) is 0 Å². The Labute approximate surface area is 114 Å². The highest BCUT2D eigenvalue weighted by molar-refractivity contribution is 5.91. The van der Waals surface area contributed by atoms with Gasteiger partial charge in [0.1, 0.15) is 5.54 Å². The Bertz CT molecular complexity index is 345. The molecule has 0 saturated heterocycles. The molecule has 1 rings (SSSR count). The Balaban J connectivity index is 2.80. The van der Waals surface area contributed by atoms with Crippen molar-refractivity contribution < 1.29 is 14.7 Å². The van der Waals surface area contributed by atoms with Gasteiger partial charge in [0.2, 0.25) is 5.91 Å². The third-order valence-electron chi connectivity index (χ3n) is 4.18. The van der Waals surface area contributed by atoms with Crippen LogP contribution >= 0.6 is 0 Å². The summed E-state index contributed by atoms with van der Waals surface area (Å²) in [7, 11) is 0. The summed E-state index contributed by atoms with van der Waals surface area (Å²) in [4.78, 5) is 23.8. The molecule has 0 radical (unpaired) electrons. The number of hydrogen-bond donors (Lipinski definition) is 3. The van der Waals surface area contributed by atoms with Crippen molar-refractivity contribution in [1.82, 2.24) is 5.32 Å². The Morgan fingerprint density at radius 3 is 2.37 bits per heavy atom. The van der Waals surface area contributed by atoms with Crippen LogP contribution < -0.4 is 11.1 Å². The second kappa shape index (κ2) is 5.90. The van der Waals surface area contributed by atoms with Crippen molar-refractivity contribution in [3.63, 3.8) is 0 Å². The van der Waals surface area contributed by atoms with Crippen LogP contribution in [0.25, 0.3) is 0 Å². The van der Waals surface area contributed by atoms with Gasteiger partial charge in [-0.25, -0.2) is 4.79 Å². The lowest BCUT2D eigenvalue weighted by Crippen LogP contribution is -2.63. The number of carbonyl (C=O) groups is 2. The molecule has 110 valence electrons. The van der Waals surface area contributed by atoms with Crippen molar-refractivity contribution in [3.05, 3.63) is 0 Å². The molecule has 1 aliphatic carbocycles. The van der Waals surface area contributed by atoms with E-state index in [0.717, 1.165) is 19.3 Å². The van der Waals surface area contributed by atoms with E-state index in [-0.39, 0.29) is 5.91 Å². The molecule has 0 heterocycles. The number of nitrogens with one attached hydrogen (secondary N) is 1. The number of hydrogen-bond acceptors (Lipinski definition) is 3. The second-order valence-electron chi connectivity index (χ2n) is 6.19. The van der Waals surface area contributed by atoms with Crippen LogP contribution in [0.1, 0.15) is 59.3 Å². The highest BCUT2D eigenvalue weighted by Crippen LogP contribution is 2.32. The average Bonchev–Trinajstić information content (AvgIpc) is 2.32. The van der Waals surface area contributed by atoms with E-state index in [1.807, 2.05) is 6.92 Å². The smallest absolute Gasteiger partial charge is 0.329 e. The van der Waals surface area contributed by atoms with E-state index >= 15 is 0 Å². The maximum absolute atomic E-state index is 12.2. The van der Waals surface area contributed by atoms with Crippen LogP contribution in [0.2, 0.25) is 0 Å². The molecular formula is C14H26N2O3. The minimum Gasteiger partial charge on any atom is -0.480 e. The zero-order valence-corrected chi connectivity index (χ0v) is 12.2.